The highest BCUT2D eigenvalue weighted by atomic mass is 16.5. The number of amides is 5. The Morgan fingerprint density at radius 1 is 0.672 bits per heavy atom. The van der Waals surface area contributed by atoms with Gasteiger partial charge >= 0.3 is 12.2 Å². The zero-order valence-corrected chi connectivity index (χ0v) is 36.8. The van der Waals surface area contributed by atoms with Crippen molar-refractivity contribution in [3.63, 3.8) is 0 Å². The molecule has 3 aromatic carbocycles. The number of nitrogens with one attached hydrogen (secondary N) is 4. The molecule has 4 aliphatic heterocycles. The monoisotopic (exact) mass is 877 g/mol. The first kappa shape index (κ1) is 44.6. The van der Waals surface area contributed by atoms with Gasteiger partial charge in [-0.25, -0.2) is 14.6 Å². The van der Waals surface area contributed by atoms with Crippen molar-refractivity contribution in [1.82, 2.24) is 35.7 Å². The van der Waals surface area contributed by atoms with Gasteiger partial charge in [-0.05, 0) is 110 Å². The minimum atomic E-state index is -0.786. The van der Waals surface area contributed by atoms with Gasteiger partial charge in [-0.1, -0.05) is 48.5 Å². The molecule has 5 unspecified atom stereocenters. The molecule has 4 saturated heterocycles. The molecule has 5 heterocycles. The van der Waals surface area contributed by atoms with Crippen LogP contribution in [0.15, 0.2) is 66.9 Å². The summed E-state index contributed by atoms with van der Waals surface area (Å²) < 4.78 is 20.7. The van der Waals surface area contributed by atoms with Crippen LogP contribution in [0.2, 0.25) is 0 Å². The third kappa shape index (κ3) is 9.87. The summed E-state index contributed by atoms with van der Waals surface area (Å²) in [6, 6.07) is 18.1. The van der Waals surface area contributed by atoms with Crippen molar-refractivity contribution in [1.29, 1.82) is 0 Å². The Hall–Kier alpha value is -6.00. The molecule has 0 spiro atoms. The summed E-state index contributed by atoms with van der Waals surface area (Å²) in [4.78, 5) is 77.8. The van der Waals surface area contributed by atoms with E-state index in [2.05, 4.69) is 69.5 Å². The van der Waals surface area contributed by atoms with Crippen LogP contribution in [-0.2, 0) is 33.3 Å². The molecule has 4 fully saturated rings. The third-order valence-electron chi connectivity index (χ3n) is 13.5. The highest BCUT2D eigenvalue weighted by Crippen LogP contribution is 2.35. The van der Waals surface area contributed by atoms with E-state index in [0.29, 0.717) is 78.0 Å². The van der Waals surface area contributed by atoms with Crippen LogP contribution in [0, 0.1) is 11.8 Å². The van der Waals surface area contributed by atoms with Gasteiger partial charge in [-0.2, -0.15) is 0 Å². The number of rotatable bonds is 12. The number of methoxy groups -OCH3 is 2. The molecule has 5 amide bonds. The number of carbonyl (C=O) groups excluding carboxylic acids is 5. The van der Waals surface area contributed by atoms with Crippen LogP contribution in [0.25, 0.3) is 33.2 Å². The fourth-order valence-electron chi connectivity index (χ4n) is 9.81. The van der Waals surface area contributed by atoms with Gasteiger partial charge in [-0.15, -0.1) is 0 Å². The van der Waals surface area contributed by atoms with Crippen molar-refractivity contribution in [2.24, 2.45) is 11.8 Å². The number of hydrogen-bond donors (Lipinski definition) is 4. The fraction of sp³-hybridized carbons (Fsp3) is 0.500. The molecule has 4 N–H and O–H groups in total. The summed E-state index contributed by atoms with van der Waals surface area (Å²) in [5, 5.41) is 10.8. The number of hydrogen-bond acceptors (Lipinski definition) is 10. The average Bonchev–Trinajstić information content (AvgIpc) is 4.15. The second-order valence-corrected chi connectivity index (χ2v) is 17.3. The number of benzene rings is 3. The van der Waals surface area contributed by atoms with E-state index in [4.69, 9.17) is 23.9 Å². The van der Waals surface area contributed by atoms with Crippen LogP contribution < -0.4 is 16.0 Å². The molecule has 16 nitrogen and oxygen atoms in total. The smallest absolute Gasteiger partial charge is 0.407 e. The van der Waals surface area contributed by atoms with E-state index < -0.39 is 30.3 Å². The van der Waals surface area contributed by atoms with Crippen molar-refractivity contribution in [2.75, 3.05) is 53.7 Å². The Labute approximate surface area is 373 Å². The van der Waals surface area contributed by atoms with Crippen LogP contribution in [0.1, 0.15) is 81.8 Å². The molecule has 4 aromatic rings. The van der Waals surface area contributed by atoms with Gasteiger partial charge < -0.3 is 49.7 Å². The third-order valence-corrected chi connectivity index (χ3v) is 13.5. The number of nitrogens with zero attached hydrogens (tertiary/aromatic N) is 3. The summed E-state index contributed by atoms with van der Waals surface area (Å²) in [5.41, 5.74) is 4.86. The van der Waals surface area contributed by atoms with Crippen molar-refractivity contribution < 1.29 is 42.9 Å². The largest absolute Gasteiger partial charge is 0.453 e. The quantitative estimate of drug-likeness (QED) is 0.131. The van der Waals surface area contributed by atoms with Crippen LogP contribution >= 0.6 is 0 Å². The normalized spacial score (nSPS) is 20.9. The predicted molar refractivity (Wildman–Crippen MR) is 238 cm³/mol. The zero-order chi connectivity index (χ0) is 44.7. The first-order valence-corrected chi connectivity index (χ1v) is 22.6. The first-order valence-electron chi connectivity index (χ1n) is 22.6. The minimum absolute atomic E-state index is 0.0361. The van der Waals surface area contributed by atoms with Crippen LogP contribution in [0.3, 0.4) is 0 Å². The van der Waals surface area contributed by atoms with E-state index >= 15 is 0 Å². The molecule has 1 aromatic heterocycles. The zero-order valence-electron chi connectivity index (χ0n) is 36.8. The van der Waals surface area contributed by atoms with E-state index in [1.54, 1.807) is 4.90 Å². The molecular formula is C48H59N7O9. The van der Waals surface area contributed by atoms with Gasteiger partial charge in [0.2, 0.25) is 17.7 Å². The number of H-pyrrole nitrogens is 1. The fourth-order valence-corrected chi connectivity index (χ4v) is 9.81. The molecule has 0 saturated carbocycles. The number of aromatic amines is 1. The number of alkyl carbamates (subject to hydrolysis) is 2. The molecule has 0 bridgehead atoms. The van der Waals surface area contributed by atoms with Gasteiger partial charge in [-0.3, -0.25) is 14.4 Å². The lowest BCUT2D eigenvalue weighted by Crippen LogP contribution is -2.56. The molecule has 340 valence electrons. The Kier molecular flexibility index (Phi) is 14.1. The SMILES string of the molecule is COC(=O)NC(C(=O)N1CCCC1C(=O)NC(C)c1ccc(-c2ccc3cc(-c4cnc(C5CCCN5C(=O)C(NC(=O)OC)C5CCOCC5)[nH]4)ccc3c2)cc1)C1CCOCC1. The van der Waals surface area contributed by atoms with E-state index in [-0.39, 0.29) is 41.6 Å². The van der Waals surface area contributed by atoms with E-state index in [9.17, 15) is 24.0 Å². The lowest BCUT2D eigenvalue weighted by Gasteiger charge is -2.34. The maximum Gasteiger partial charge on any atom is 0.407 e. The molecule has 5 atom stereocenters. The predicted octanol–water partition coefficient (Wildman–Crippen LogP) is 6.03. The summed E-state index contributed by atoms with van der Waals surface area (Å²) in [6.45, 7) is 5.10. The van der Waals surface area contributed by atoms with Gasteiger partial charge in [0, 0.05) is 45.1 Å². The number of imidazole rings is 1. The second kappa shape index (κ2) is 20.2. The van der Waals surface area contributed by atoms with E-state index in [1.165, 1.54) is 14.2 Å². The highest BCUT2D eigenvalue weighted by molar-refractivity contribution is 5.93. The maximum absolute atomic E-state index is 14.0. The minimum Gasteiger partial charge on any atom is -0.453 e. The van der Waals surface area contributed by atoms with Crippen molar-refractivity contribution >= 4 is 40.7 Å². The molecule has 0 aliphatic carbocycles. The van der Waals surface area contributed by atoms with Gasteiger partial charge in [0.05, 0.1) is 38.2 Å². The molecular weight excluding hydrogens is 819 g/mol. The lowest BCUT2D eigenvalue weighted by molar-refractivity contribution is -0.141. The Morgan fingerprint density at radius 3 is 1.81 bits per heavy atom. The summed E-state index contributed by atoms with van der Waals surface area (Å²) >= 11 is 0. The summed E-state index contributed by atoms with van der Waals surface area (Å²) in [7, 11) is 2.58. The summed E-state index contributed by atoms with van der Waals surface area (Å²) in [6.07, 6.45) is 6.02. The Morgan fingerprint density at radius 2 is 1.20 bits per heavy atom. The standard InChI is InChI=1S/C48H59N7O9/c1-29(50-44(56)40-7-5-21-55(40)46(58)42(53-48(60)62-3)33-18-24-64-25-19-33)30-8-10-31(11-9-30)34-12-13-36-27-37(15-14-35(36)26-34)38-28-49-43(51-38)39-6-4-20-54(39)45(57)41(52-47(59)61-2)32-16-22-63-23-17-32/h8-15,26-29,32-33,39-42H,4-7,16-25H2,1-3H3,(H,49,51)(H,50,56)(H,52,59)(H,53,60). The van der Waals surface area contributed by atoms with Gasteiger partial charge in [0.15, 0.2) is 0 Å². The Balaban J connectivity index is 0.900. The van der Waals surface area contributed by atoms with E-state index in [1.807, 2.05) is 30.2 Å². The van der Waals surface area contributed by atoms with Gasteiger partial charge in [0.1, 0.15) is 23.9 Å². The number of fused-ring (bicyclic) bond motifs is 1. The number of aromatic nitrogens is 2. The molecule has 16 heteroatoms. The molecule has 64 heavy (non-hydrogen) atoms. The number of carbonyl (C=O) groups is 5. The highest BCUT2D eigenvalue weighted by Gasteiger charge is 2.42. The van der Waals surface area contributed by atoms with Crippen LogP contribution in [-0.4, -0.2) is 122 Å². The lowest BCUT2D eigenvalue weighted by atomic mass is 9.90. The topological polar surface area (TPSA) is 194 Å². The summed E-state index contributed by atoms with van der Waals surface area (Å²) in [5.74, 6) is -0.0184. The number of likely N-dealkylation sites (tertiary alicyclic amines) is 2. The Bertz CT molecular complexity index is 2310. The maximum atomic E-state index is 14.0. The average molecular weight is 878 g/mol. The first-order chi connectivity index (χ1) is 31.1. The van der Waals surface area contributed by atoms with Crippen molar-refractivity contribution in [3.8, 4) is 22.4 Å². The molecule has 4 aliphatic rings. The van der Waals surface area contributed by atoms with Gasteiger partial charge in [0.25, 0.3) is 0 Å². The molecule has 8 rings (SSSR count). The van der Waals surface area contributed by atoms with E-state index in [0.717, 1.165) is 57.4 Å². The van der Waals surface area contributed by atoms with Crippen molar-refractivity contribution in [3.05, 3.63) is 78.2 Å². The second-order valence-electron chi connectivity index (χ2n) is 17.3. The molecule has 0 radical (unpaired) electrons. The number of ether oxygens (including phenoxy) is 4. The van der Waals surface area contributed by atoms with Crippen LogP contribution in [0.5, 0.6) is 0 Å². The van der Waals surface area contributed by atoms with Crippen molar-refractivity contribution in [2.45, 2.75) is 88.5 Å². The van der Waals surface area contributed by atoms with Crippen LogP contribution in [0.4, 0.5) is 9.59 Å².